The number of ketones is 1. The smallest absolute Gasteiger partial charge is 0.330 e. The van der Waals surface area contributed by atoms with Gasteiger partial charge in [0.25, 0.3) is 0 Å². The fourth-order valence-electron chi connectivity index (χ4n) is 4.56. The first-order chi connectivity index (χ1) is 15.5. The van der Waals surface area contributed by atoms with Crippen LogP contribution in [0.5, 0.6) is 0 Å². The second-order valence-electron chi connectivity index (χ2n) is 10.2. The lowest BCUT2D eigenvalue weighted by atomic mass is 9.76. The van der Waals surface area contributed by atoms with E-state index in [4.69, 9.17) is 9.47 Å². The number of Topliss-reactive ketones (excluding diaryl/α,β-unsaturated/α-hetero) is 1. The Labute approximate surface area is 201 Å². The van der Waals surface area contributed by atoms with Crippen LogP contribution >= 0.6 is 11.3 Å². The number of cyclic esters (lactones) is 1. The van der Waals surface area contributed by atoms with Crippen LogP contribution in [0.4, 0.5) is 0 Å². The minimum absolute atomic E-state index is 0.0175. The normalized spacial score (nSPS) is 37.8. The van der Waals surface area contributed by atoms with Gasteiger partial charge in [-0.15, -0.1) is 11.3 Å². The molecule has 6 atom stereocenters. The number of aromatic nitrogens is 1. The van der Waals surface area contributed by atoms with Crippen LogP contribution in [0.1, 0.15) is 77.1 Å². The molecule has 33 heavy (non-hydrogen) atoms. The highest BCUT2D eigenvalue weighted by Crippen LogP contribution is 2.53. The number of epoxide rings is 1. The third-order valence-electron chi connectivity index (χ3n) is 6.97. The summed E-state index contributed by atoms with van der Waals surface area (Å²) in [6.07, 6.45) is 8.81. The Hall–Kier alpha value is -1.83. The maximum Gasteiger partial charge on any atom is 0.330 e. The van der Waals surface area contributed by atoms with Crippen molar-refractivity contribution in [3.05, 3.63) is 40.4 Å². The summed E-state index contributed by atoms with van der Waals surface area (Å²) in [6, 6.07) is 0. The SMILES string of the molecule is Cc1nc(C2OC2(C)[C@@H]2C/C=C/CCC[C@H](C)[C@H](O)[C@@H](C)C(=O)C(C)(C)/C=C/C(=O)O2)cs1. The summed E-state index contributed by atoms with van der Waals surface area (Å²) in [5.41, 5.74) is -0.666. The molecule has 0 spiro atoms. The van der Waals surface area contributed by atoms with Crippen molar-refractivity contribution in [1.29, 1.82) is 0 Å². The van der Waals surface area contributed by atoms with E-state index in [1.54, 1.807) is 38.2 Å². The van der Waals surface area contributed by atoms with Gasteiger partial charge in [0.2, 0.25) is 0 Å². The van der Waals surface area contributed by atoms with Gasteiger partial charge in [-0.1, -0.05) is 32.1 Å². The number of aliphatic hydroxyl groups is 1. The van der Waals surface area contributed by atoms with Gasteiger partial charge in [0.15, 0.2) is 0 Å². The molecule has 0 aromatic carbocycles. The minimum atomic E-state index is -0.897. The van der Waals surface area contributed by atoms with Gasteiger partial charge in [0.05, 0.1) is 16.8 Å². The number of nitrogens with zero attached hydrogens (tertiary/aromatic N) is 1. The van der Waals surface area contributed by atoms with Crippen LogP contribution in [-0.4, -0.2) is 39.7 Å². The highest BCUT2D eigenvalue weighted by atomic mass is 32.1. The quantitative estimate of drug-likeness (QED) is 0.363. The molecule has 1 saturated heterocycles. The zero-order chi connectivity index (χ0) is 24.4. The summed E-state index contributed by atoms with van der Waals surface area (Å²) < 4.78 is 11.9. The summed E-state index contributed by atoms with van der Waals surface area (Å²) >= 11 is 1.57. The highest BCUT2D eigenvalue weighted by molar-refractivity contribution is 7.09. The van der Waals surface area contributed by atoms with Crippen LogP contribution < -0.4 is 0 Å². The number of esters is 1. The third-order valence-corrected chi connectivity index (χ3v) is 7.76. The molecule has 2 unspecified atom stereocenters. The lowest BCUT2D eigenvalue weighted by Gasteiger charge is -2.29. The third kappa shape index (κ3) is 6.00. The van der Waals surface area contributed by atoms with E-state index in [-0.39, 0.29) is 17.8 Å². The molecule has 6 nitrogen and oxygen atoms in total. The van der Waals surface area contributed by atoms with Gasteiger partial charge in [0, 0.05) is 29.2 Å². The number of hydrogen-bond acceptors (Lipinski definition) is 7. The molecule has 0 amide bonds. The number of carbonyl (C=O) groups is 2. The number of aryl methyl sites for hydroxylation is 1. The monoisotopic (exact) mass is 475 g/mol. The standard InChI is InChI=1S/C26H37NO5S/c1-16-11-9-7-8-10-12-20(26(6)24(32-26)19-15-33-18(3)27-19)31-21(28)13-14-25(4,5)23(30)17(2)22(16)29/h8,10,13-17,20,22,24,29H,7,9,11-12H2,1-6H3/b10-8+,14-13+/t16-,17+,20-,22-,24?,26?/m0/s1. The van der Waals surface area contributed by atoms with E-state index < -0.39 is 35.1 Å². The number of aliphatic hydroxyl groups excluding tert-OH is 1. The molecule has 2 aliphatic heterocycles. The Morgan fingerprint density at radius 2 is 1.91 bits per heavy atom. The molecular formula is C26H37NO5S. The second kappa shape index (κ2) is 10.2. The van der Waals surface area contributed by atoms with Crippen LogP contribution in [0, 0.1) is 24.2 Å². The van der Waals surface area contributed by atoms with Gasteiger partial charge in [-0.05, 0) is 52.9 Å². The van der Waals surface area contributed by atoms with Crippen molar-refractivity contribution in [1.82, 2.24) is 4.98 Å². The van der Waals surface area contributed by atoms with E-state index in [0.29, 0.717) is 6.42 Å². The van der Waals surface area contributed by atoms with Crippen LogP contribution in [0.15, 0.2) is 29.7 Å². The van der Waals surface area contributed by atoms with Crippen LogP contribution in [0.25, 0.3) is 0 Å². The Morgan fingerprint density at radius 1 is 1.18 bits per heavy atom. The van der Waals surface area contributed by atoms with Gasteiger partial charge in [-0.3, -0.25) is 4.79 Å². The summed E-state index contributed by atoms with van der Waals surface area (Å²) in [7, 11) is 0. The maximum atomic E-state index is 13.1. The topological polar surface area (TPSA) is 89.0 Å². The van der Waals surface area contributed by atoms with Gasteiger partial charge in [-0.25, -0.2) is 9.78 Å². The van der Waals surface area contributed by atoms with Crippen molar-refractivity contribution >= 4 is 23.1 Å². The summed E-state index contributed by atoms with van der Waals surface area (Å²) in [5.74, 6) is -1.10. The summed E-state index contributed by atoms with van der Waals surface area (Å²) in [5, 5.41) is 13.7. The molecular weight excluding hydrogens is 438 g/mol. The molecule has 1 aromatic heterocycles. The Kier molecular flexibility index (Phi) is 7.97. The van der Waals surface area contributed by atoms with Gasteiger partial charge in [-0.2, -0.15) is 0 Å². The number of thiazole rings is 1. The fourth-order valence-corrected chi connectivity index (χ4v) is 5.18. The molecule has 3 heterocycles. The largest absolute Gasteiger partial charge is 0.456 e. The molecule has 0 saturated carbocycles. The summed E-state index contributed by atoms with van der Waals surface area (Å²) in [6.45, 7) is 11.2. The molecule has 0 aliphatic carbocycles. The van der Waals surface area contributed by atoms with E-state index in [0.717, 1.165) is 30.0 Å². The maximum absolute atomic E-state index is 13.1. The van der Waals surface area contributed by atoms with Crippen molar-refractivity contribution in [3.63, 3.8) is 0 Å². The lowest BCUT2D eigenvalue weighted by molar-refractivity contribution is -0.146. The first kappa shape index (κ1) is 25.8. The first-order valence-corrected chi connectivity index (χ1v) is 12.7. The van der Waals surface area contributed by atoms with Crippen molar-refractivity contribution in [2.24, 2.45) is 17.3 Å². The molecule has 1 aromatic rings. The molecule has 2 aliphatic rings. The van der Waals surface area contributed by atoms with E-state index in [2.05, 4.69) is 11.1 Å². The average Bonchev–Trinajstić information content (AvgIpc) is 3.28. The fraction of sp³-hybridized carbons (Fsp3) is 0.654. The van der Waals surface area contributed by atoms with Crippen LogP contribution in [0.2, 0.25) is 0 Å². The number of rotatable bonds is 2. The lowest BCUT2D eigenvalue weighted by Crippen LogP contribution is -2.38. The van der Waals surface area contributed by atoms with Crippen LogP contribution in [-0.2, 0) is 19.1 Å². The van der Waals surface area contributed by atoms with Gasteiger partial charge < -0.3 is 14.6 Å². The van der Waals surface area contributed by atoms with E-state index >= 15 is 0 Å². The Morgan fingerprint density at radius 3 is 2.58 bits per heavy atom. The number of allylic oxidation sites excluding steroid dienone is 2. The molecule has 1 fully saturated rings. The van der Waals surface area contributed by atoms with Crippen molar-refractivity contribution in [2.75, 3.05) is 0 Å². The zero-order valence-electron chi connectivity index (χ0n) is 20.5. The molecule has 1 N–H and O–H groups in total. The molecule has 0 bridgehead atoms. The highest BCUT2D eigenvalue weighted by Gasteiger charge is 2.60. The minimum Gasteiger partial charge on any atom is -0.456 e. The number of hydrogen-bond donors (Lipinski definition) is 1. The van der Waals surface area contributed by atoms with E-state index in [1.165, 1.54) is 6.08 Å². The first-order valence-electron chi connectivity index (χ1n) is 11.8. The predicted molar refractivity (Wildman–Crippen MR) is 129 cm³/mol. The predicted octanol–water partition coefficient (Wildman–Crippen LogP) is 5.11. The Balaban J connectivity index is 1.81. The Bertz CT molecular complexity index is 920. The molecule has 182 valence electrons. The van der Waals surface area contributed by atoms with E-state index in [1.807, 2.05) is 32.2 Å². The molecule has 7 heteroatoms. The van der Waals surface area contributed by atoms with E-state index in [9.17, 15) is 14.7 Å². The molecule has 3 rings (SSSR count). The summed E-state index contributed by atoms with van der Waals surface area (Å²) in [4.78, 5) is 30.3. The van der Waals surface area contributed by atoms with Gasteiger partial charge >= 0.3 is 5.97 Å². The molecule has 0 radical (unpaired) electrons. The average molecular weight is 476 g/mol. The van der Waals surface area contributed by atoms with Crippen molar-refractivity contribution in [3.8, 4) is 0 Å². The number of ether oxygens (including phenoxy) is 2. The number of carbonyl (C=O) groups excluding carboxylic acids is 2. The van der Waals surface area contributed by atoms with Crippen molar-refractivity contribution < 1.29 is 24.2 Å². The second-order valence-corrected chi connectivity index (χ2v) is 11.3. The van der Waals surface area contributed by atoms with Crippen molar-refractivity contribution in [2.45, 2.75) is 91.1 Å². The van der Waals surface area contributed by atoms with Crippen LogP contribution in [0.3, 0.4) is 0 Å². The van der Waals surface area contributed by atoms with Gasteiger partial charge in [0.1, 0.15) is 23.6 Å². The zero-order valence-corrected chi connectivity index (χ0v) is 21.4.